The Morgan fingerprint density at radius 1 is 1.44 bits per heavy atom. The van der Waals surface area contributed by atoms with E-state index in [1.165, 1.54) is 0 Å². The normalized spacial score (nSPS) is 14.8. The molecule has 2 aromatic heterocycles. The highest BCUT2D eigenvalue weighted by molar-refractivity contribution is 5.92. The van der Waals surface area contributed by atoms with Gasteiger partial charge in [0.15, 0.2) is 0 Å². The summed E-state index contributed by atoms with van der Waals surface area (Å²) in [7, 11) is 0. The van der Waals surface area contributed by atoms with Gasteiger partial charge in [0.05, 0.1) is 12.3 Å². The van der Waals surface area contributed by atoms with E-state index < -0.39 is 0 Å². The van der Waals surface area contributed by atoms with Crippen LogP contribution in [0.3, 0.4) is 0 Å². The highest BCUT2D eigenvalue weighted by Gasteiger charge is 2.16. The lowest BCUT2D eigenvalue weighted by Gasteiger charge is -2.09. The van der Waals surface area contributed by atoms with E-state index in [4.69, 9.17) is 4.74 Å². The highest BCUT2D eigenvalue weighted by Crippen LogP contribution is 2.29. The third kappa shape index (κ3) is 1.32. The highest BCUT2D eigenvalue weighted by atomic mass is 16.5. The number of nitrogens with zero attached hydrogens (tertiary/aromatic N) is 1. The predicted octanol–water partition coefficient (Wildman–Crippen LogP) is 1.12. The number of hydrogen-bond donors (Lipinski definition) is 2. The van der Waals surface area contributed by atoms with Gasteiger partial charge >= 0.3 is 0 Å². The number of pyridine rings is 2. The first kappa shape index (κ1) is 9.21. The summed E-state index contributed by atoms with van der Waals surface area (Å²) in [5.74, 6) is 0.373. The minimum absolute atomic E-state index is 0.226. The number of ether oxygens (including phenoxy) is 1. The molecular formula is C11H11N3O2. The van der Waals surface area contributed by atoms with Crippen molar-refractivity contribution in [3.05, 3.63) is 28.7 Å². The van der Waals surface area contributed by atoms with Crippen LogP contribution in [-0.4, -0.2) is 23.1 Å². The van der Waals surface area contributed by atoms with Crippen LogP contribution in [0.15, 0.2) is 23.1 Å². The predicted molar refractivity (Wildman–Crippen MR) is 61.0 cm³/mol. The Kier molecular flexibility index (Phi) is 2.02. The Morgan fingerprint density at radius 2 is 2.38 bits per heavy atom. The molecule has 2 aromatic rings. The van der Waals surface area contributed by atoms with Crippen LogP contribution >= 0.6 is 0 Å². The van der Waals surface area contributed by atoms with E-state index in [-0.39, 0.29) is 5.56 Å². The third-order valence-corrected chi connectivity index (χ3v) is 2.61. The van der Waals surface area contributed by atoms with Gasteiger partial charge in [-0.25, -0.2) is 4.98 Å². The van der Waals surface area contributed by atoms with Gasteiger partial charge in [0.2, 0.25) is 5.75 Å². The Bertz CT molecular complexity index is 591. The summed E-state index contributed by atoms with van der Waals surface area (Å²) in [4.78, 5) is 18.6. The molecule has 0 saturated carbocycles. The van der Waals surface area contributed by atoms with Crippen LogP contribution in [0.5, 0.6) is 5.75 Å². The fourth-order valence-corrected chi connectivity index (χ4v) is 1.88. The maximum atomic E-state index is 11.8. The quantitative estimate of drug-likeness (QED) is 0.693. The van der Waals surface area contributed by atoms with E-state index in [1.807, 2.05) is 12.1 Å². The molecule has 1 aliphatic heterocycles. The number of fused-ring (bicyclic) bond motifs is 3. The summed E-state index contributed by atoms with van der Waals surface area (Å²) in [5, 5.41) is 4.11. The van der Waals surface area contributed by atoms with E-state index in [9.17, 15) is 4.79 Å². The zero-order chi connectivity index (χ0) is 11.0. The van der Waals surface area contributed by atoms with E-state index in [1.54, 1.807) is 6.20 Å². The molecule has 0 fully saturated rings. The third-order valence-electron chi connectivity index (χ3n) is 2.61. The van der Waals surface area contributed by atoms with Gasteiger partial charge < -0.3 is 15.0 Å². The van der Waals surface area contributed by atoms with Gasteiger partial charge in [-0.2, -0.15) is 0 Å². The Balaban J connectivity index is 2.37. The second kappa shape index (κ2) is 3.52. The van der Waals surface area contributed by atoms with Gasteiger partial charge in [-0.3, -0.25) is 4.79 Å². The van der Waals surface area contributed by atoms with Gasteiger partial charge in [-0.05, 0) is 18.6 Å². The van der Waals surface area contributed by atoms with Gasteiger partial charge in [0.1, 0.15) is 5.65 Å². The second-order valence-electron chi connectivity index (χ2n) is 3.69. The second-order valence-corrected chi connectivity index (χ2v) is 3.69. The van der Waals surface area contributed by atoms with Crippen LogP contribution in [0.2, 0.25) is 0 Å². The minimum Gasteiger partial charge on any atom is -0.486 e. The van der Waals surface area contributed by atoms with Gasteiger partial charge in [0, 0.05) is 18.1 Å². The fraction of sp³-hybridized carbons (Fsp3) is 0.273. The van der Waals surface area contributed by atoms with Crippen LogP contribution in [0.25, 0.3) is 11.0 Å². The molecule has 5 heteroatoms. The Hall–Kier alpha value is -2.04. The smallest absolute Gasteiger partial charge is 0.294 e. The SMILES string of the molecule is O=c1[nH]c2ncccc2c2c1OCCCN2. The van der Waals surface area contributed by atoms with Crippen LogP contribution in [0, 0.1) is 0 Å². The van der Waals surface area contributed by atoms with Crippen LogP contribution in [0.1, 0.15) is 6.42 Å². The molecule has 0 radical (unpaired) electrons. The minimum atomic E-state index is -0.226. The maximum absolute atomic E-state index is 11.8. The number of nitrogens with one attached hydrogen (secondary N) is 2. The van der Waals surface area contributed by atoms with Crippen molar-refractivity contribution in [2.45, 2.75) is 6.42 Å². The van der Waals surface area contributed by atoms with Crippen molar-refractivity contribution in [1.82, 2.24) is 9.97 Å². The van der Waals surface area contributed by atoms with E-state index in [0.29, 0.717) is 18.0 Å². The molecule has 0 saturated heterocycles. The maximum Gasteiger partial charge on any atom is 0.294 e. The van der Waals surface area contributed by atoms with Crippen LogP contribution in [0.4, 0.5) is 5.69 Å². The molecule has 3 rings (SSSR count). The molecule has 0 amide bonds. The van der Waals surface area contributed by atoms with Crippen molar-refractivity contribution in [3.63, 3.8) is 0 Å². The first-order chi connectivity index (χ1) is 7.86. The van der Waals surface area contributed by atoms with Crippen molar-refractivity contribution in [3.8, 4) is 5.75 Å². The van der Waals surface area contributed by atoms with E-state index >= 15 is 0 Å². The average Bonchev–Trinajstić information content (AvgIpc) is 2.55. The molecule has 0 spiro atoms. The molecule has 3 heterocycles. The molecule has 0 aliphatic carbocycles. The van der Waals surface area contributed by atoms with Crippen molar-refractivity contribution >= 4 is 16.7 Å². The fourth-order valence-electron chi connectivity index (χ4n) is 1.88. The molecule has 0 bridgehead atoms. The molecule has 82 valence electrons. The molecule has 5 nitrogen and oxygen atoms in total. The summed E-state index contributed by atoms with van der Waals surface area (Å²) >= 11 is 0. The summed E-state index contributed by atoms with van der Waals surface area (Å²) in [5.41, 5.74) is 1.12. The van der Waals surface area contributed by atoms with Crippen LogP contribution < -0.4 is 15.6 Å². The number of rotatable bonds is 0. The van der Waals surface area contributed by atoms with Crippen LogP contribution in [-0.2, 0) is 0 Å². The van der Waals surface area contributed by atoms with E-state index in [0.717, 1.165) is 24.0 Å². The average molecular weight is 217 g/mol. The zero-order valence-corrected chi connectivity index (χ0v) is 8.62. The first-order valence-electron chi connectivity index (χ1n) is 5.24. The summed E-state index contributed by atoms with van der Waals surface area (Å²) < 4.78 is 5.45. The molecule has 2 N–H and O–H groups in total. The van der Waals surface area contributed by atoms with E-state index in [2.05, 4.69) is 15.3 Å². The Morgan fingerprint density at radius 3 is 3.31 bits per heavy atom. The van der Waals surface area contributed by atoms with Crippen molar-refractivity contribution in [1.29, 1.82) is 0 Å². The number of aromatic nitrogens is 2. The lowest BCUT2D eigenvalue weighted by molar-refractivity contribution is 0.319. The number of H-pyrrole nitrogens is 1. The van der Waals surface area contributed by atoms with Crippen molar-refractivity contribution < 1.29 is 4.74 Å². The molecule has 0 unspecified atom stereocenters. The monoisotopic (exact) mass is 217 g/mol. The summed E-state index contributed by atoms with van der Waals surface area (Å²) in [6.45, 7) is 1.37. The first-order valence-corrected chi connectivity index (χ1v) is 5.24. The zero-order valence-electron chi connectivity index (χ0n) is 8.62. The standard InChI is InChI=1S/C11H11N3O2/c15-11-9-8(12-5-2-6-16-9)7-3-1-4-13-10(7)14-11/h1,3-4,12H,2,5-6H2,(H,13,14,15). The van der Waals surface area contributed by atoms with Crippen molar-refractivity contribution in [2.75, 3.05) is 18.5 Å². The number of aromatic amines is 1. The summed E-state index contributed by atoms with van der Waals surface area (Å²) in [6, 6.07) is 3.76. The Labute approximate surface area is 91.5 Å². The molecule has 1 aliphatic rings. The molecule has 16 heavy (non-hydrogen) atoms. The van der Waals surface area contributed by atoms with Gasteiger partial charge in [-0.1, -0.05) is 0 Å². The topological polar surface area (TPSA) is 67.0 Å². The lowest BCUT2D eigenvalue weighted by atomic mass is 10.2. The molecular weight excluding hydrogens is 206 g/mol. The molecule has 0 atom stereocenters. The summed E-state index contributed by atoms with van der Waals surface area (Å²) in [6.07, 6.45) is 2.54. The molecule has 0 aromatic carbocycles. The lowest BCUT2D eigenvalue weighted by Crippen LogP contribution is -2.12. The largest absolute Gasteiger partial charge is 0.486 e. The van der Waals surface area contributed by atoms with Crippen molar-refractivity contribution in [2.24, 2.45) is 0 Å². The van der Waals surface area contributed by atoms with Gasteiger partial charge in [-0.15, -0.1) is 0 Å². The number of hydrogen-bond acceptors (Lipinski definition) is 4. The number of anilines is 1. The van der Waals surface area contributed by atoms with Gasteiger partial charge in [0.25, 0.3) is 5.56 Å².